The normalized spacial score (nSPS) is 11.0. The topological polar surface area (TPSA) is 288 Å². The van der Waals surface area contributed by atoms with Crippen LogP contribution in [0.25, 0.3) is 5.95 Å². The van der Waals surface area contributed by atoms with Gasteiger partial charge < -0.3 is 43.2 Å². The monoisotopic (exact) mass is 816 g/mol. The predicted molar refractivity (Wildman–Crippen MR) is 151 cm³/mol. The first kappa shape index (κ1) is 48.9. The van der Waals surface area contributed by atoms with Gasteiger partial charge in [0.1, 0.15) is 5.69 Å². The Labute approximate surface area is 366 Å². The number of aromatic nitrogens is 4. The summed E-state index contributed by atoms with van der Waals surface area (Å²) in [6.45, 7) is -0.889. The largest absolute Gasteiger partial charge is 1.00 e. The zero-order valence-corrected chi connectivity index (χ0v) is 35.9. The van der Waals surface area contributed by atoms with E-state index in [0.717, 1.165) is 6.07 Å². The third-order valence-electron chi connectivity index (χ3n) is 5.42. The fraction of sp³-hybridized carbons (Fsp3) is 0.0870. The van der Waals surface area contributed by atoms with Crippen LogP contribution in [0.3, 0.4) is 0 Å². The predicted octanol–water partition coefficient (Wildman–Crippen LogP) is -11.6. The van der Waals surface area contributed by atoms with Gasteiger partial charge in [-0.15, -0.1) is 5.11 Å². The van der Waals surface area contributed by atoms with Crippen molar-refractivity contribution >= 4 is 78.5 Å². The van der Waals surface area contributed by atoms with Crippen molar-refractivity contribution in [3.63, 3.8) is 0 Å². The summed E-state index contributed by atoms with van der Waals surface area (Å²) in [6, 6.07) is 10.5. The second kappa shape index (κ2) is 22.2. The van der Waals surface area contributed by atoms with E-state index >= 15 is 0 Å². The summed E-state index contributed by atoms with van der Waals surface area (Å²) in [5.41, 5.74) is 6.15. The number of aromatic carboxylic acids is 1. The Bertz CT molecular complexity index is 2040. The van der Waals surface area contributed by atoms with E-state index in [-0.39, 0.29) is 156 Å². The summed E-state index contributed by atoms with van der Waals surface area (Å²) >= 11 is 6.55. The van der Waals surface area contributed by atoms with E-state index in [1.807, 2.05) is 0 Å². The molecule has 27 heteroatoms. The Balaban J connectivity index is 0.00000600. The maximum atomic E-state index is 12.6. The molecule has 4 aromatic rings. The van der Waals surface area contributed by atoms with Gasteiger partial charge in [-0.2, -0.15) is 14.4 Å². The van der Waals surface area contributed by atoms with Crippen molar-refractivity contribution in [3.05, 3.63) is 71.8 Å². The minimum Gasteiger partial charge on any atom is -1.00 e. The molecule has 0 spiro atoms. The Morgan fingerprint density at radius 1 is 1.04 bits per heavy atom. The van der Waals surface area contributed by atoms with Crippen LogP contribution >= 0.6 is 23.6 Å². The molecule has 0 aliphatic carbocycles. The molecular formula is C23H17Cl2N8Na3O11S3. The summed E-state index contributed by atoms with van der Waals surface area (Å²) in [5.74, 6) is -2.47. The van der Waals surface area contributed by atoms with E-state index in [1.165, 1.54) is 59.4 Å². The van der Waals surface area contributed by atoms with Crippen molar-refractivity contribution < 1.29 is 156 Å². The Hall–Kier alpha value is -1.10. The molecule has 0 aliphatic rings. The van der Waals surface area contributed by atoms with Crippen molar-refractivity contribution in [2.24, 2.45) is 10.2 Å². The van der Waals surface area contributed by atoms with Crippen LogP contribution in [0.1, 0.15) is 10.4 Å². The van der Waals surface area contributed by atoms with Gasteiger partial charge in [0.25, 0.3) is 0 Å². The second-order valence-corrected chi connectivity index (χ2v) is 12.8. The average Bonchev–Trinajstić information content (AvgIpc) is 2.99. The number of nitrogens with one attached hydrogen (secondary N) is 1. The van der Waals surface area contributed by atoms with Gasteiger partial charge in [0, 0.05) is 11.3 Å². The molecule has 0 unspecified atom stereocenters. The van der Waals surface area contributed by atoms with E-state index < -0.39 is 38.6 Å². The fourth-order valence-electron chi connectivity index (χ4n) is 3.46. The van der Waals surface area contributed by atoms with E-state index in [0.29, 0.717) is 12.0 Å². The van der Waals surface area contributed by atoms with Crippen LogP contribution in [0.4, 0.5) is 28.7 Å². The molecular weight excluding hydrogens is 800 g/mol. The number of sulfone groups is 1. The zero-order chi connectivity index (χ0) is 33.5. The van der Waals surface area contributed by atoms with E-state index in [1.54, 1.807) is 0 Å². The van der Waals surface area contributed by atoms with Gasteiger partial charge in [-0.3, -0.25) is 9.22 Å². The Morgan fingerprint density at radius 3 is 2.42 bits per heavy atom. The molecule has 19 nitrogen and oxygen atoms in total. The standard InChI is InChI=1S/C23H19ClN8O11S3.ClH.3Na/c24-21-27-22(29-23(28-21)32-6-2-3-13(12-32)20(33)34)26-17-10-16(25)19(44-43-42-35)11-18(17)31-30-14-4-1-5-15(9-14)45(36,37)8-7-41-46(38,39)40;;;;/h1-6,9-12H,7-8,25H2,(H3-,26,27,28,29,33,34,35,38,39,40);1H;;;/q;;3*+1/p-3. The SMILES string of the molecule is Nc1cc(Nc2nc(Cl)nc(-[n+]3cccc(C(=O)[O-])c3)n2)c(N=Nc2cccc(S(=O)(=O)CCOS(=O)(=O)[O-])c2)cc1SOO[O-].[Cl-].[Na+].[Na+].[Na+]. The number of nitrogens with zero attached hydrogens (tertiary/aromatic N) is 6. The van der Waals surface area contributed by atoms with E-state index in [2.05, 4.69) is 44.1 Å². The van der Waals surface area contributed by atoms with Gasteiger partial charge in [0.15, 0.2) is 9.84 Å². The molecule has 0 bridgehead atoms. The number of carboxylic acid groups (broad SMARTS) is 1. The van der Waals surface area contributed by atoms with Gasteiger partial charge in [0.2, 0.25) is 10.4 Å². The van der Waals surface area contributed by atoms with Crippen molar-refractivity contribution in [1.82, 2.24) is 15.0 Å². The molecule has 2 aromatic carbocycles. The van der Waals surface area contributed by atoms with Gasteiger partial charge in [-0.25, -0.2) is 21.4 Å². The number of carboxylic acids is 1. The van der Waals surface area contributed by atoms with Gasteiger partial charge >= 0.3 is 106 Å². The van der Waals surface area contributed by atoms with Crippen molar-refractivity contribution in [1.29, 1.82) is 0 Å². The number of azo groups is 1. The van der Waals surface area contributed by atoms with Crippen LogP contribution < -0.4 is 127 Å². The summed E-state index contributed by atoms with van der Waals surface area (Å²) in [4.78, 5) is 23.4. The number of hydrogen-bond donors (Lipinski definition) is 2. The first-order chi connectivity index (χ1) is 21.7. The van der Waals surface area contributed by atoms with Crippen LogP contribution in [0.15, 0.2) is 80.9 Å². The number of anilines is 3. The van der Waals surface area contributed by atoms with Crippen LogP contribution in [-0.4, -0.2) is 54.7 Å². The van der Waals surface area contributed by atoms with Crippen LogP contribution in [0, 0.1) is 0 Å². The molecule has 3 N–H and O–H groups in total. The average molecular weight is 818 g/mol. The first-order valence-corrected chi connectivity index (χ1v) is 16.2. The zero-order valence-electron chi connectivity index (χ0n) is 25.9. The summed E-state index contributed by atoms with van der Waals surface area (Å²) in [6.07, 6.45) is 2.65. The molecule has 250 valence electrons. The summed E-state index contributed by atoms with van der Waals surface area (Å²) in [7, 11) is -9.18. The van der Waals surface area contributed by atoms with Gasteiger partial charge in [-0.05, 0) is 64.0 Å². The molecule has 0 amide bonds. The van der Waals surface area contributed by atoms with E-state index in [9.17, 15) is 36.5 Å². The van der Waals surface area contributed by atoms with Crippen molar-refractivity contribution in [3.8, 4) is 5.95 Å². The number of halogens is 2. The minimum absolute atomic E-state index is 0. The maximum absolute atomic E-state index is 12.6. The van der Waals surface area contributed by atoms with Crippen molar-refractivity contribution in [2.45, 2.75) is 9.79 Å². The third-order valence-corrected chi connectivity index (χ3v) is 8.38. The first-order valence-electron chi connectivity index (χ1n) is 12.1. The Kier molecular flexibility index (Phi) is 21.7. The van der Waals surface area contributed by atoms with Crippen molar-refractivity contribution in [2.75, 3.05) is 23.4 Å². The van der Waals surface area contributed by atoms with Crippen LogP contribution in [0.2, 0.25) is 5.28 Å². The van der Waals surface area contributed by atoms with Crippen LogP contribution in [0.5, 0.6) is 0 Å². The summed E-state index contributed by atoms with van der Waals surface area (Å²) < 4.78 is 66.6. The minimum atomic E-state index is -5.08. The molecule has 0 saturated heterocycles. The summed E-state index contributed by atoms with van der Waals surface area (Å²) in [5, 5.41) is 35.8. The number of benzene rings is 2. The fourth-order valence-corrected chi connectivity index (χ4v) is 5.55. The number of rotatable bonds is 14. The quantitative estimate of drug-likeness (QED) is 0.0137. The van der Waals surface area contributed by atoms with Gasteiger partial charge in [-0.1, -0.05) is 6.07 Å². The number of carbonyl (C=O) groups excluding carboxylic acids is 1. The molecule has 0 saturated carbocycles. The van der Waals surface area contributed by atoms with Crippen LogP contribution in [-0.2, 0) is 33.8 Å². The maximum Gasteiger partial charge on any atom is 1.00 e. The third kappa shape index (κ3) is 14.7. The number of nitrogen functional groups attached to an aromatic ring is 1. The molecule has 2 heterocycles. The number of hydrogen-bond acceptors (Lipinski definition) is 19. The number of pyridine rings is 1. The molecule has 50 heavy (non-hydrogen) atoms. The van der Waals surface area contributed by atoms with E-state index in [4.69, 9.17) is 17.3 Å². The Morgan fingerprint density at radius 2 is 1.76 bits per heavy atom. The molecule has 0 aliphatic heterocycles. The molecule has 2 aromatic heterocycles. The molecule has 4 rings (SSSR count). The number of nitrogens with two attached hydrogens (primary N) is 1. The van der Waals surface area contributed by atoms with Gasteiger partial charge in [0.05, 0.1) is 63.9 Å². The molecule has 0 atom stereocenters. The molecule has 0 fully saturated rings. The second-order valence-electron chi connectivity index (χ2n) is 8.51. The molecule has 0 radical (unpaired) electrons. The smallest absolute Gasteiger partial charge is 1.00 e. The number of carbonyl (C=O) groups is 1.